The van der Waals surface area contributed by atoms with Gasteiger partial charge >= 0.3 is 0 Å². The minimum atomic E-state index is -3.93. The van der Waals surface area contributed by atoms with Crippen LogP contribution in [-0.2, 0) is 10.0 Å². The zero-order valence-electron chi connectivity index (χ0n) is 15.1. The Kier molecular flexibility index (Phi) is 4.92. The number of pyridine rings is 1. The summed E-state index contributed by atoms with van der Waals surface area (Å²) in [6.07, 6.45) is 4.39. The van der Waals surface area contributed by atoms with E-state index >= 15 is 0 Å². The third kappa shape index (κ3) is 4.22. The molecule has 0 spiro atoms. The van der Waals surface area contributed by atoms with Crippen LogP contribution < -0.4 is 4.72 Å². The van der Waals surface area contributed by atoms with Crippen molar-refractivity contribution in [3.63, 3.8) is 0 Å². The number of para-hydroxylation sites is 2. The molecule has 0 aliphatic carbocycles. The number of nitrogens with one attached hydrogen (secondary N) is 1. The number of hydrogen-bond acceptors (Lipinski definition) is 5. The van der Waals surface area contributed by atoms with E-state index in [1.807, 2.05) is 35.1 Å². The lowest BCUT2D eigenvalue weighted by Gasteiger charge is -2.06. The van der Waals surface area contributed by atoms with Crippen LogP contribution in [0.25, 0.3) is 22.9 Å². The Bertz CT molecular complexity index is 1290. The van der Waals surface area contributed by atoms with Crippen molar-refractivity contribution >= 4 is 33.0 Å². The standard InChI is InChI=1S/C21H16N4O3S/c26-21(24-29(27,28)13-12-16-6-2-1-3-7-16)17-10-11-20(22-14-17)25-15-23-18-8-4-5-9-19(18)25/h1-15H,(H,24,26). The summed E-state index contributed by atoms with van der Waals surface area (Å²) in [5.74, 6) is -0.181. The molecule has 0 saturated heterocycles. The Hall–Kier alpha value is -3.78. The first kappa shape index (κ1) is 18.6. The van der Waals surface area contributed by atoms with E-state index in [2.05, 4.69) is 9.97 Å². The average molecular weight is 404 g/mol. The Labute approximate surface area is 167 Å². The fourth-order valence-electron chi connectivity index (χ4n) is 2.76. The molecule has 1 N–H and O–H groups in total. The number of benzene rings is 2. The topological polar surface area (TPSA) is 94.0 Å². The normalized spacial score (nSPS) is 11.7. The molecular formula is C21H16N4O3S. The quantitative estimate of drug-likeness (QED) is 0.551. The smallest absolute Gasteiger partial charge is 0.266 e. The maximum Gasteiger partial charge on any atom is 0.266 e. The summed E-state index contributed by atoms with van der Waals surface area (Å²) in [4.78, 5) is 20.9. The molecule has 0 bridgehead atoms. The second-order valence-electron chi connectivity index (χ2n) is 6.20. The molecule has 0 aliphatic rings. The second kappa shape index (κ2) is 7.69. The molecule has 144 valence electrons. The summed E-state index contributed by atoms with van der Waals surface area (Å²) >= 11 is 0. The van der Waals surface area contributed by atoms with Crippen molar-refractivity contribution in [3.05, 3.63) is 95.8 Å². The van der Waals surface area contributed by atoms with Gasteiger partial charge < -0.3 is 0 Å². The first-order chi connectivity index (χ1) is 14.0. The molecule has 4 aromatic rings. The summed E-state index contributed by atoms with van der Waals surface area (Å²) < 4.78 is 28.1. The van der Waals surface area contributed by atoms with Gasteiger partial charge in [0.15, 0.2) is 0 Å². The maximum absolute atomic E-state index is 12.3. The lowest BCUT2D eigenvalue weighted by Crippen LogP contribution is -2.28. The molecule has 0 radical (unpaired) electrons. The van der Waals surface area contributed by atoms with E-state index in [-0.39, 0.29) is 5.56 Å². The summed E-state index contributed by atoms with van der Waals surface area (Å²) in [5.41, 5.74) is 2.55. The molecule has 0 saturated carbocycles. The molecule has 0 unspecified atom stereocenters. The van der Waals surface area contributed by atoms with Crippen LogP contribution in [0.2, 0.25) is 0 Å². The number of fused-ring (bicyclic) bond motifs is 1. The summed E-state index contributed by atoms with van der Waals surface area (Å²) in [6.45, 7) is 0. The van der Waals surface area contributed by atoms with Crippen molar-refractivity contribution in [2.24, 2.45) is 0 Å². The predicted octanol–water partition coefficient (Wildman–Crippen LogP) is 3.15. The molecular weight excluding hydrogens is 388 g/mol. The van der Waals surface area contributed by atoms with E-state index < -0.39 is 15.9 Å². The number of hydrogen-bond donors (Lipinski definition) is 1. The number of imidazole rings is 1. The Morgan fingerprint density at radius 1 is 0.931 bits per heavy atom. The van der Waals surface area contributed by atoms with Gasteiger partial charge in [0.05, 0.1) is 22.0 Å². The number of carbonyl (C=O) groups is 1. The van der Waals surface area contributed by atoms with Crippen LogP contribution in [0.3, 0.4) is 0 Å². The summed E-state index contributed by atoms with van der Waals surface area (Å²) in [7, 11) is -3.93. The number of nitrogens with zero attached hydrogens (tertiary/aromatic N) is 3. The van der Waals surface area contributed by atoms with Gasteiger partial charge in [-0.05, 0) is 35.9 Å². The van der Waals surface area contributed by atoms with Crippen LogP contribution in [-0.4, -0.2) is 28.9 Å². The Balaban J connectivity index is 1.50. The van der Waals surface area contributed by atoms with Crippen molar-refractivity contribution in [3.8, 4) is 5.82 Å². The van der Waals surface area contributed by atoms with Crippen LogP contribution in [0.4, 0.5) is 0 Å². The van der Waals surface area contributed by atoms with Crippen LogP contribution in [0, 0.1) is 0 Å². The predicted molar refractivity (Wildman–Crippen MR) is 111 cm³/mol. The Morgan fingerprint density at radius 2 is 1.69 bits per heavy atom. The third-order valence-corrected chi connectivity index (χ3v) is 5.15. The van der Waals surface area contributed by atoms with Gasteiger partial charge in [0.2, 0.25) is 0 Å². The van der Waals surface area contributed by atoms with Crippen molar-refractivity contribution in [1.82, 2.24) is 19.3 Å². The van der Waals surface area contributed by atoms with Crippen molar-refractivity contribution in [2.45, 2.75) is 0 Å². The third-order valence-electron chi connectivity index (χ3n) is 4.18. The highest BCUT2D eigenvalue weighted by atomic mass is 32.2. The molecule has 0 fully saturated rings. The van der Waals surface area contributed by atoms with E-state index in [4.69, 9.17) is 0 Å². The van der Waals surface area contributed by atoms with Crippen LogP contribution in [0.1, 0.15) is 15.9 Å². The van der Waals surface area contributed by atoms with E-state index in [0.29, 0.717) is 11.4 Å². The number of amides is 1. The number of rotatable bonds is 5. The first-order valence-electron chi connectivity index (χ1n) is 8.71. The molecule has 29 heavy (non-hydrogen) atoms. The second-order valence-corrected chi connectivity index (χ2v) is 7.76. The molecule has 2 aromatic heterocycles. The lowest BCUT2D eigenvalue weighted by molar-refractivity contribution is 0.0981. The molecule has 2 heterocycles. The number of carbonyl (C=O) groups excluding carboxylic acids is 1. The van der Waals surface area contributed by atoms with Gasteiger partial charge in [0, 0.05) is 6.20 Å². The first-order valence-corrected chi connectivity index (χ1v) is 10.3. The van der Waals surface area contributed by atoms with Crippen molar-refractivity contribution < 1.29 is 13.2 Å². The fourth-order valence-corrected chi connectivity index (χ4v) is 3.54. The molecule has 0 atom stereocenters. The average Bonchev–Trinajstić information content (AvgIpc) is 3.17. The molecule has 1 amide bonds. The molecule has 8 heteroatoms. The molecule has 4 rings (SSSR count). The fraction of sp³-hybridized carbons (Fsp3) is 0. The summed E-state index contributed by atoms with van der Waals surface area (Å²) in [6, 6.07) is 19.7. The minimum Gasteiger partial charge on any atom is -0.283 e. The highest BCUT2D eigenvalue weighted by Gasteiger charge is 2.14. The molecule has 2 aromatic carbocycles. The highest BCUT2D eigenvalue weighted by molar-refractivity contribution is 7.93. The van der Waals surface area contributed by atoms with Crippen LogP contribution in [0.15, 0.2) is 84.7 Å². The minimum absolute atomic E-state index is 0.134. The zero-order valence-corrected chi connectivity index (χ0v) is 16.0. The maximum atomic E-state index is 12.3. The lowest BCUT2D eigenvalue weighted by atomic mass is 10.2. The van der Waals surface area contributed by atoms with Crippen LogP contribution in [0.5, 0.6) is 0 Å². The van der Waals surface area contributed by atoms with Gasteiger partial charge in [0.1, 0.15) is 12.1 Å². The van der Waals surface area contributed by atoms with Gasteiger partial charge in [-0.3, -0.25) is 9.36 Å². The van der Waals surface area contributed by atoms with E-state index in [1.165, 1.54) is 18.3 Å². The van der Waals surface area contributed by atoms with Gasteiger partial charge in [-0.25, -0.2) is 23.1 Å². The van der Waals surface area contributed by atoms with Gasteiger partial charge in [0.25, 0.3) is 15.9 Å². The monoisotopic (exact) mass is 404 g/mol. The highest BCUT2D eigenvalue weighted by Crippen LogP contribution is 2.16. The Morgan fingerprint density at radius 3 is 2.45 bits per heavy atom. The van der Waals surface area contributed by atoms with Crippen LogP contribution >= 0.6 is 0 Å². The summed E-state index contributed by atoms with van der Waals surface area (Å²) in [5, 5.41) is 0.958. The van der Waals surface area contributed by atoms with E-state index in [9.17, 15) is 13.2 Å². The number of aromatic nitrogens is 3. The van der Waals surface area contributed by atoms with E-state index in [1.54, 1.807) is 41.2 Å². The van der Waals surface area contributed by atoms with Crippen molar-refractivity contribution in [2.75, 3.05) is 0 Å². The van der Waals surface area contributed by atoms with Gasteiger partial charge in [-0.15, -0.1) is 0 Å². The number of sulfonamides is 1. The van der Waals surface area contributed by atoms with Crippen molar-refractivity contribution in [1.29, 1.82) is 0 Å². The largest absolute Gasteiger partial charge is 0.283 e. The molecule has 7 nitrogen and oxygen atoms in total. The zero-order chi connectivity index (χ0) is 20.3. The SMILES string of the molecule is O=C(NS(=O)(=O)C=Cc1ccccc1)c1ccc(-n2cnc3ccccc32)nc1. The van der Waals surface area contributed by atoms with E-state index in [0.717, 1.165) is 16.4 Å². The van der Waals surface area contributed by atoms with Gasteiger partial charge in [-0.1, -0.05) is 42.5 Å². The molecule has 0 aliphatic heterocycles. The van der Waals surface area contributed by atoms with Gasteiger partial charge in [-0.2, -0.15) is 0 Å².